The van der Waals surface area contributed by atoms with Crippen molar-refractivity contribution in [2.75, 3.05) is 29.5 Å². The van der Waals surface area contributed by atoms with Crippen molar-refractivity contribution in [1.29, 1.82) is 0 Å². The Hall–Kier alpha value is -2.82. The van der Waals surface area contributed by atoms with E-state index in [-0.39, 0.29) is 18.4 Å². The van der Waals surface area contributed by atoms with E-state index in [1.807, 2.05) is 47.4 Å². The maximum Gasteiger partial charge on any atom is 0.264 e. The van der Waals surface area contributed by atoms with Gasteiger partial charge in [0.2, 0.25) is 5.91 Å². The Morgan fingerprint density at radius 2 is 1.74 bits per heavy atom. The summed E-state index contributed by atoms with van der Waals surface area (Å²) < 4.78 is 5.73. The van der Waals surface area contributed by atoms with Crippen molar-refractivity contribution < 1.29 is 14.3 Å². The van der Waals surface area contributed by atoms with Crippen molar-refractivity contribution in [2.24, 2.45) is 0 Å². The van der Waals surface area contributed by atoms with Crippen LogP contribution >= 0.6 is 0 Å². The van der Waals surface area contributed by atoms with Crippen LogP contribution in [0.5, 0.6) is 5.75 Å². The Morgan fingerprint density at radius 3 is 2.52 bits per heavy atom. The van der Waals surface area contributed by atoms with E-state index in [1.165, 1.54) is 5.56 Å². The normalized spacial score (nSPS) is 16.8. The molecule has 1 saturated heterocycles. The molecule has 2 heterocycles. The summed E-state index contributed by atoms with van der Waals surface area (Å²) in [6.07, 6.45) is 4.63. The average molecular weight is 364 g/mol. The van der Waals surface area contributed by atoms with E-state index in [0.717, 1.165) is 50.1 Å². The molecule has 0 spiro atoms. The summed E-state index contributed by atoms with van der Waals surface area (Å²) in [6.45, 7) is 1.51. The van der Waals surface area contributed by atoms with Gasteiger partial charge in [-0.3, -0.25) is 9.59 Å². The van der Waals surface area contributed by atoms with Crippen molar-refractivity contribution in [3.05, 3.63) is 54.1 Å². The molecule has 0 atom stereocenters. The summed E-state index contributed by atoms with van der Waals surface area (Å²) in [5.41, 5.74) is 3.12. The fraction of sp³-hybridized carbons (Fsp3) is 0.364. The Kier molecular flexibility index (Phi) is 5.10. The van der Waals surface area contributed by atoms with Gasteiger partial charge in [-0.05, 0) is 61.6 Å². The smallest absolute Gasteiger partial charge is 0.264 e. The van der Waals surface area contributed by atoms with Gasteiger partial charge in [0.15, 0.2) is 6.61 Å². The minimum Gasteiger partial charge on any atom is -0.484 e. The lowest BCUT2D eigenvalue weighted by Gasteiger charge is -2.23. The van der Waals surface area contributed by atoms with Crippen LogP contribution in [0.3, 0.4) is 0 Å². The molecule has 1 fully saturated rings. The van der Waals surface area contributed by atoms with Gasteiger partial charge >= 0.3 is 0 Å². The van der Waals surface area contributed by atoms with Crippen molar-refractivity contribution in [3.8, 4) is 5.75 Å². The topological polar surface area (TPSA) is 49.9 Å². The predicted molar refractivity (Wildman–Crippen MR) is 105 cm³/mol. The van der Waals surface area contributed by atoms with Gasteiger partial charge in [0.25, 0.3) is 5.91 Å². The molecule has 2 amide bonds. The van der Waals surface area contributed by atoms with E-state index in [2.05, 4.69) is 6.07 Å². The molecule has 2 aromatic carbocycles. The fourth-order valence-electron chi connectivity index (χ4n) is 3.82. The zero-order valence-electron chi connectivity index (χ0n) is 15.4. The fourth-order valence-corrected chi connectivity index (χ4v) is 3.82. The number of ether oxygens (including phenoxy) is 1. The number of hydrogen-bond acceptors (Lipinski definition) is 3. The monoisotopic (exact) mass is 364 g/mol. The van der Waals surface area contributed by atoms with Crippen LogP contribution < -0.4 is 14.5 Å². The lowest BCUT2D eigenvalue weighted by atomic mass is 10.1. The second kappa shape index (κ2) is 7.82. The predicted octanol–water partition coefficient (Wildman–Crippen LogP) is 3.56. The highest BCUT2D eigenvalue weighted by molar-refractivity contribution is 5.96. The Bertz CT molecular complexity index is 832. The highest BCUT2D eigenvalue weighted by Gasteiger charge is 2.22. The number of nitrogens with zero attached hydrogens (tertiary/aromatic N) is 2. The number of anilines is 2. The molecular weight excluding hydrogens is 340 g/mol. The van der Waals surface area contributed by atoms with E-state index in [0.29, 0.717) is 12.2 Å². The lowest BCUT2D eigenvalue weighted by molar-refractivity contribution is -0.120. The third kappa shape index (κ3) is 3.82. The standard InChI is InChI=1S/C22H24N2O3/c25-21-9-5-15-23(21)18-10-12-19(13-11-18)27-16-22(26)24-14-4-3-7-17-6-1-2-8-20(17)24/h1-2,6,8,10-13H,3-5,7,9,14-16H2. The lowest BCUT2D eigenvalue weighted by Crippen LogP contribution is -2.35. The van der Waals surface area contributed by atoms with E-state index in [1.54, 1.807) is 4.90 Å². The molecule has 0 aromatic heterocycles. The summed E-state index contributed by atoms with van der Waals surface area (Å²) in [7, 11) is 0. The van der Waals surface area contributed by atoms with Crippen LogP contribution in [0.25, 0.3) is 0 Å². The molecule has 0 aliphatic carbocycles. The summed E-state index contributed by atoms with van der Waals surface area (Å²) in [6, 6.07) is 15.5. The molecule has 4 rings (SSSR count). The molecule has 2 aliphatic heterocycles. The van der Waals surface area contributed by atoms with Crippen molar-refractivity contribution >= 4 is 23.2 Å². The molecule has 140 valence electrons. The van der Waals surface area contributed by atoms with Gasteiger partial charge < -0.3 is 14.5 Å². The number of carbonyl (C=O) groups is 2. The molecule has 0 bridgehead atoms. The number of rotatable bonds is 4. The molecule has 0 unspecified atom stereocenters. The summed E-state index contributed by atoms with van der Waals surface area (Å²) in [5, 5.41) is 0. The van der Waals surface area contributed by atoms with Crippen LogP contribution in [0.15, 0.2) is 48.5 Å². The van der Waals surface area contributed by atoms with Crippen LogP contribution in [0.1, 0.15) is 31.2 Å². The minimum absolute atomic E-state index is 0.0102. The number of amides is 2. The number of fused-ring (bicyclic) bond motifs is 1. The maximum absolute atomic E-state index is 12.8. The molecule has 2 aliphatic rings. The van der Waals surface area contributed by atoms with Crippen LogP contribution in [0, 0.1) is 0 Å². The number of hydrogen-bond donors (Lipinski definition) is 0. The molecule has 0 saturated carbocycles. The van der Waals surface area contributed by atoms with Crippen LogP contribution in [-0.4, -0.2) is 31.5 Å². The van der Waals surface area contributed by atoms with Gasteiger partial charge in [-0.15, -0.1) is 0 Å². The van der Waals surface area contributed by atoms with E-state index in [9.17, 15) is 9.59 Å². The summed E-state index contributed by atoms with van der Waals surface area (Å²) in [5.74, 6) is 0.781. The highest BCUT2D eigenvalue weighted by atomic mass is 16.5. The largest absolute Gasteiger partial charge is 0.484 e. The first-order chi connectivity index (χ1) is 13.2. The Labute approximate surface area is 159 Å². The zero-order chi connectivity index (χ0) is 18.6. The van der Waals surface area contributed by atoms with Gasteiger partial charge in [-0.2, -0.15) is 0 Å². The maximum atomic E-state index is 12.8. The second-order valence-electron chi connectivity index (χ2n) is 7.06. The van der Waals surface area contributed by atoms with Crippen LogP contribution in [-0.2, 0) is 16.0 Å². The van der Waals surface area contributed by atoms with Gasteiger partial charge in [-0.1, -0.05) is 18.2 Å². The van der Waals surface area contributed by atoms with Gasteiger partial charge in [0.1, 0.15) is 5.75 Å². The van der Waals surface area contributed by atoms with Gasteiger partial charge in [0, 0.05) is 30.9 Å². The SMILES string of the molecule is O=C1CCCN1c1ccc(OCC(=O)N2CCCCc3ccccc32)cc1. The van der Waals surface area contributed by atoms with Crippen molar-refractivity contribution in [3.63, 3.8) is 0 Å². The van der Waals surface area contributed by atoms with E-state index < -0.39 is 0 Å². The van der Waals surface area contributed by atoms with E-state index in [4.69, 9.17) is 4.74 Å². The minimum atomic E-state index is -0.0249. The van der Waals surface area contributed by atoms with Gasteiger partial charge in [-0.25, -0.2) is 0 Å². The number of carbonyl (C=O) groups excluding carboxylic acids is 2. The quantitative estimate of drug-likeness (QED) is 0.833. The summed E-state index contributed by atoms with van der Waals surface area (Å²) in [4.78, 5) is 28.2. The molecule has 2 aromatic rings. The van der Waals surface area contributed by atoms with Crippen LogP contribution in [0.2, 0.25) is 0 Å². The Morgan fingerprint density at radius 1 is 0.926 bits per heavy atom. The van der Waals surface area contributed by atoms with Gasteiger partial charge in [0.05, 0.1) is 0 Å². The number of aryl methyl sites for hydroxylation is 1. The highest BCUT2D eigenvalue weighted by Crippen LogP contribution is 2.27. The zero-order valence-corrected chi connectivity index (χ0v) is 15.4. The molecular formula is C22H24N2O3. The molecule has 5 nitrogen and oxygen atoms in total. The van der Waals surface area contributed by atoms with Crippen LogP contribution in [0.4, 0.5) is 11.4 Å². The first kappa shape index (κ1) is 17.6. The molecule has 0 N–H and O–H groups in total. The van der Waals surface area contributed by atoms with E-state index >= 15 is 0 Å². The molecule has 27 heavy (non-hydrogen) atoms. The van der Waals surface area contributed by atoms with Crippen molar-refractivity contribution in [1.82, 2.24) is 0 Å². The molecule has 0 radical (unpaired) electrons. The number of benzene rings is 2. The third-order valence-corrected chi connectivity index (χ3v) is 5.25. The molecule has 5 heteroatoms. The average Bonchev–Trinajstić information content (AvgIpc) is 3.01. The first-order valence-corrected chi connectivity index (χ1v) is 9.64. The Balaban J connectivity index is 1.40. The summed E-state index contributed by atoms with van der Waals surface area (Å²) >= 11 is 0. The van der Waals surface area contributed by atoms with Crippen molar-refractivity contribution in [2.45, 2.75) is 32.1 Å². The second-order valence-corrected chi connectivity index (χ2v) is 7.06. The third-order valence-electron chi connectivity index (χ3n) is 5.25. The first-order valence-electron chi connectivity index (χ1n) is 9.64. The number of para-hydroxylation sites is 1.